The third-order valence-electron chi connectivity index (χ3n) is 6.07. The van der Waals surface area contributed by atoms with E-state index in [4.69, 9.17) is 0 Å². The van der Waals surface area contributed by atoms with Gasteiger partial charge in [0, 0.05) is 71.0 Å². The highest BCUT2D eigenvalue weighted by molar-refractivity contribution is 5.86. The lowest BCUT2D eigenvalue weighted by Gasteiger charge is -2.32. The molecule has 4 rings (SSSR count). The van der Waals surface area contributed by atoms with Crippen LogP contribution in [0.1, 0.15) is 25.3 Å². The van der Waals surface area contributed by atoms with E-state index < -0.39 is 5.41 Å². The first-order chi connectivity index (χ1) is 12.1. The number of carbonyl (C=O) groups excluding carboxylic acids is 2. The quantitative estimate of drug-likeness (QED) is 0.822. The normalized spacial score (nSPS) is 29.2. The monoisotopic (exact) mass is 342 g/mol. The number of rotatable bonds is 3. The minimum atomic E-state index is -0.418. The third-order valence-corrected chi connectivity index (χ3v) is 6.07. The topological polar surface area (TPSA) is 56.8 Å². The lowest BCUT2D eigenvalue weighted by atomic mass is 9.79. The zero-order valence-corrected chi connectivity index (χ0v) is 14.9. The van der Waals surface area contributed by atoms with E-state index in [1.165, 1.54) is 5.56 Å². The van der Waals surface area contributed by atoms with Gasteiger partial charge in [-0.25, -0.2) is 0 Å². The summed E-state index contributed by atoms with van der Waals surface area (Å²) in [7, 11) is 0. The van der Waals surface area contributed by atoms with Crippen molar-refractivity contribution >= 4 is 11.8 Å². The molecule has 2 atom stereocenters. The van der Waals surface area contributed by atoms with Gasteiger partial charge in [-0.2, -0.15) is 0 Å². The number of nitrogens with zero attached hydrogens (tertiary/aromatic N) is 4. The molecule has 3 aliphatic rings. The van der Waals surface area contributed by atoms with Gasteiger partial charge in [0.15, 0.2) is 0 Å². The van der Waals surface area contributed by atoms with Crippen molar-refractivity contribution in [3.05, 3.63) is 30.1 Å². The van der Waals surface area contributed by atoms with Gasteiger partial charge in [-0.3, -0.25) is 19.5 Å². The lowest BCUT2D eigenvalue weighted by Crippen LogP contribution is -2.49. The van der Waals surface area contributed by atoms with Crippen LogP contribution in [0, 0.1) is 11.3 Å². The third kappa shape index (κ3) is 2.92. The predicted octanol–water partition coefficient (Wildman–Crippen LogP) is 0.984. The fourth-order valence-corrected chi connectivity index (χ4v) is 4.82. The van der Waals surface area contributed by atoms with E-state index in [9.17, 15) is 9.59 Å². The lowest BCUT2D eigenvalue weighted by molar-refractivity contribution is -0.141. The molecule has 0 aromatic carbocycles. The molecular formula is C19H26N4O2. The minimum Gasteiger partial charge on any atom is -0.342 e. The molecule has 0 aliphatic carbocycles. The smallest absolute Gasteiger partial charge is 0.232 e. The average Bonchev–Trinajstić information content (AvgIpc) is 3.29. The molecule has 0 saturated carbocycles. The Bertz CT molecular complexity index is 659. The molecular weight excluding hydrogens is 316 g/mol. The van der Waals surface area contributed by atoms with Gasteiger partial charge in [0.25, 0.3) is 0 Å². The van der Waals surface area contributed by atoms with Crippen LogP contribution in [0.5, 0.6) is 0 Å². The standard InChI is InChI=1S/C19H26N4O2/c1-15(24)23-12-17-11-21(10-16-5-4-6-20-9-16)13-19(17,14-23)18(25)22-7-2-3-8-22/h4-6,9,17H,2-3,7-8,10-14H2,1H3/t17-,19-/m1/s1. The molecule has 4 heterocycles. The van der Waals surface area contributed by atoms with Crippen LogP contribution in [0.15, 0.2) is 24.5 Å². The molecule has 0 N–H and O–H groups in total. The molecule has 1 aromatic rings. The summed E-state index contributed by atoms with van der Waals surface area (Å²) in [5, 5.41) is 0. The fourth-order valence-electron chi connectivity index (χ4n) is 4.82. The maximum Gasteiger partial charge on any atom is 0.232 e. The molecule has 6 heteroatoms. The second-order valence-electron chi connectivity index (χ2n) is 7.78. The summed E-state index contributed by atoms with van der Waals surface area (Å²) in [4.78, 5) is 35.8. The van der Waals surface area contributed by atoms with Gasteiger partial charge < -0.3 is 9.80 Å². The van der Waals surface area contributed by atoms with Crippen molar-refractivity contribution in [3.63, 3.8) is 0 Å². The molecule has 2 amide bonds. The van der Waals surface area contributed by atoms with E-state index in [2.05, 4.69) is 16.0 Å². The zero-order valence-electron chi connectivity index (χ0n) is 14.9. The van der Waals surface area contributed by atoms with Crippen molar-refractivity contribution < 1.29 is 9.59 Å². The van der Waals surface area contributed by atoms with Crippen LogP contribution in [-0.2, 0) is 16.1 Å². The predicted molar refractivity (Wildman–Crippen MR) is 93.5 cm³/mol. The first-order valence-electron chi connectivity index (χ1n) is 9.25. The first-order valence-corrected chi connectivity index (χ1v) is 9.25. The maximum absolute atomic E-state index is 13.4. The van der Waals surface area contributed by atoms with Gasteiger partial charge >= 0.3 is 0 Å². The van der Waals surface area contributed by atoms with Crippen molar-refractivity contribution in [2.75, 3.05) is 39.3 Å². The van der Waals surface area contributed by atoms with Crippen molar-refractivity contribution in [1.29, 1.82) is 0 Å². The largest absolute Gasteiger partial charge is 0.342 e. The number of aromatic nitrogens is 1. The number of amides is 2. The van der Waals surface area contributed by atoms with E-state index in [0.717, 1.165) is 45.6 Å². The molecule has 0 unspecified atom stereocenters. The summed E-state index contributed by atoms with van der Waals surface area (Å²) < 4.78 is 0. The molecule has 0 spiro atoms. The molecule has 0 radical (unpaired) electrons. The van der Waals surface area contributed by atoms with E-state index in [0.29, 0.717) is 13.1 Å². The molecule has 3 saturated heterocycles. The highest BCUT2D eigenvalue weighted by Gasteiger charge is 2.58. The minimum absolute atomic E-state index is 0.0850. The second-order valence-corrected chi connectivity index (χ2v) is 7.78. The van der Waals surface area contributed by atoms with Crippen LogP contribution < -0.4 is 0 Å². The zero-order chi connectivity index (χ0) is 17.4. The highest BCUT2D eigenvalue weighted by Crippen LogP contribution is 2.44. The van der Waals surface area contributed by atoms with E-state index >= 15 is 0 Å². The summed E-state index contributed by atoms with van der Waals surface area (Å²) in [5.41, 5.74) is 0.757. The van der Waals surface area contributed by atoms with Crippen LogP contribution >= 0.6 is 0 Å². The van der Waals surface area contributed by atoms with Crippen molar-refractivity contribution in [1.82, 2.24) is 19.7 Å². The Hall–Kier alpha value is -1.95. The number of hydrogen-bond acceptors (Lipinski definition) is 4. The summed E-state index contributed by atoms with van der Waals surface area (Å²) >= 11 is 0. The summed E-state index contributed by atoms with van der Waals surface area (Å²) in [6, 6.07) is 4.03. The van der Waals surface area contributed by atoms with Crippen LogP contribution in [0.2, 0.25) is 0 Å². The molecule has 134 valence electrons. The Kier molecular flexibility index (Phi) is 4.23. The Morgan fingerprint density at radius 1 is 1.20 bits per heavy atom. The summed E-state index contributed by atoms with van der Waals surface area (Å²) in [6.45, 7) is 7.07. The van der Waals surface area contributed by atoms with Crippen LogP contribution in [-0.4, -0.2) is 70.8 Å². The number of fused-ring (bicyclic) bond motifs is 1. The van der Waals surface area contributed by atoms with E-state index in [-0.39, 0.29) is 17.7 Å². The van der Waals surface area contributed by atoms with Crippen molar-refractivity contribution in [2.45, 2.75) is 26.3 Å². The number of likely N-dealkylation sites (tertiary alicyclic amines) is 3. The SMILES string of the molecule is CC(=O)N1C[C@H]2CN(Cc3cccnc3)C[C@@]2(C(=O)N2CCCC2)C1. The molecule has 3 aliphatic heterocycles. The Morgan fingerprint density at radius 3 is 2.68 bits per heavy atom. The molecule has 25 heavy (non-hydrogen) atoms. The summed E-state index contributed by atoms with van der Waals surface area (Å²) in [6.07, 6.45) is 5.88. The van der Waals surface area contributed by atoms with Gasteiger partial charge in [-0.05, 0) is 24.5 Å². The Morgan fingerprint density at radius 2 is 2.00 bits per heavy atom. The van der Waals surface area contributed by atoms with E-state index in [1.54, 1.807) is 13.1 Å². The first kappa shape index (κ1) is 16.5. The van der Waals surface area contributed by atoms with Gasteiger partial charge in [-0.1, -0.05) is 6.07 Å². The second kappa shape index (κ2) is 6.41. The number of hydrogen-bond donors (Lipinski definition) is 0. The van der Waals surface area contributed by atoms with Gasteiger partial charge in [0.2, 0.25) is 11.8 Å². The highest BCUT2D eigenvalue weighted by atomic mass is 16.2. The average molecular weight is 342 g/mol. The molecule has 3 fully saturated rings. The Balaban J connectivity index is 1.55. The van der Waals surface area contributed by atoms with Crippen LogP contribution in [0.25, 0.3) is 0 Å². The Labute approximate surface area is 148 Å². The van der Waals surface area contributed by atoms with Crippen LogP contribution in [0.3, 0.4) is 0 Å². The molecule has 6 nitrogen and oxygen atoms in total. The molecule has 0 bridgehead atoms. The van der Waals surface area contributed by atoms with Crippen LogP contribution in [0.4, 0.5) is 0 Å². The number of pyridine rings is 1. The van der Waals surface area contributed by atoms with Gasteiger partial charge in [-0.15, -0.1) is 0 Å². The van der Waals surface area contributed by atoms with Gasteiger partial charge in [0.1, 0.15) is 0 Å². The van der Waals surface area contributed by atoms with Crippen molar-refractivity contribution in [2.24, 2.45) is 11.3 Å². The molecule has 1 aromatic heterocycles. The fraction of sp³-hybridized carbons (Fsp3) is 0.632. The maximum atomic E-state index is 13.4. The van der Waals surface area contributed by atoms with Crippen molar-refractivity contribution in [3.8, 4) is 0 Å². The van der Waals surface area contributed by atoms with Gasteiger partial charge in [0.05, 0.1) is 5.41 Å². The summed E-state index contributed by atoms with van der Waals surface area (Å²) in [5.74, 6) is 0.593. The van der Waals surface area contributed by atoms with E-state index in [1.807, 2.05) is 22.1 Å². The number of carbonyl (C=O) groups is 2.